The average molecular weight is 305 g/mol. The third-order valence-electron chi connectivity index (χ3n) is 6.47. The van der Waals surface area contributed by atoms with Crippen molar-refractivity contribution in [2.75, 3.05) is 32.7 Å². The fourth-order valence-corrected chi connectivity index (χ4v) is 5.24. The fraction of sp³-hybridized carbons (Fsp3) is 0.944. The van der Waals surface area contributed by atoms with Crippen LogP contribution in [0.2, 0.25) is 0 Å². The Kier molecular flexibility index (Phi) is 4.40. The number of rotatable bonds is 3. The van der Waals surface area contributed by atoms with Crippen LogP contribution < -0.4 is 5.32 Å². The second kappa shape index (κ2) is 6.48. The molecular weight excluding hydrogens is 274 g/mol. The molecule has 4 aliphatic rings. The molecule has 0 spiro atoms. The van der Waals surface area contributed by atoms with Crippen molar-refractivity contribution in [1.29, 1.82) is 0 Å². The van der Waals surface area contributed by atoms with Crippen LogP contribution in [-0.4, -0.2) is 60.5 Å². The van der Waals surface area contributed by atoms with Crippen molar-refractivity contribution in [3.05, 3.63) is 0 Å². The third kappa shape index (κ3) is 3.05. The summed E-state index contributed by atoms with van der Waals surface area (Å²) < 4.78 is 0. The summed E-state index contributed by atoms with van der Waals surface area (Å²) in [5, 5.41) is 3.66. The molecule has 1 N–H and O–H groups in total. The standard InChI is InChI=1S/C18H31N3O/c22-18(17-11-15-5-1-2-6-16(15)19-17)21-10-7-14(13-21)12-20-8-3-4-9-20/h14-17,19H,1-13H2. The Morgan fingerprint density at radius 2 is 1.82 bits per heavy atom. The molecule has 3 heterocycles. The number of likely N-dealkylation sites (tertiary alicyclic amines) is 2. The largest absolute Gasteiger partial charge is 0.341 e. The Morgan fingerprint density at radius 3 is 2.64 bits per heavy atom. The number of nitrogens with one attached hydrogen (secondary N) is 1. The Morgan fingerprint density at radius 1 is 1.00 bits per heavy atom. The zero-order valence-electron chi connectivity index (χ0n) is 13.8. The lowest BCUT2D eigenvalue weighted by molar-refractivity contribution is -0.132. The van der Waals surface area contributed by atoms with Crippen LogP contribution in [0.5, 0.6) is 0 Å². The van der Waals surface area contributed by atoms with Gasteiger partial charge in [0, 0.05) is 25.7 Å². The smallest absolute Gasteiger partial charge is 0.239 e. The summed E-state index contributed by atoms with van der Waals surface area (Å²) in [4.78, 5) is 17.6. The quantitative estimate of drug-likeness (QED) is 0.864. The molecule has 1 aliphatic carbocycles. The SMILES string of the molecule is O=C(C1CC2CCCCC2N1)N1CCC(CN2CCCC2)C1. The summed E-state index contributed by atoms with van der Waals surface area (Å²) in [5.41, 5.74) is 0. The van der Waals surface area contributed by atoms with E-state index in [0.717, 1.165) is 25.4 Å². The van der Waals surface area contributed by atoms with E-state index in [-0.39, 0.29) is 6.04 Å². The highest BCUT2D eigenvalue weighted by molar-refractivity contribution is 5.82. The number of hydrogen-bond acceptors (Lipinski definition) is 3. The van der Waals surface area contributed by atoms with Crippen LogP contribution in [0.1, 0.15) is 51.4 Å². The van der Waals surface area contributed by atoms with E-state index in [4.69, 9.17) is 0 Å². The zero-order chi connectivity index (χ0) is 14.9. The van der Waals surface area contributed by atoms with Crippen molar-refractivity contribution in [3.63, 3.8) is 0 Å². The van der Waals surface area contributed by atoms with Gasteiger partial charge in [-0.1, -0.05) is 12.8 Å². The van der Waals surface area contributed by atoms with Gasteiger partial charge in [-0.3, -0.25) is 4.79 Å². The van der Waals surface area contributed by atoms with E-state index in [2.05, 4.69) is 15.1 Å². The van der Waals surface area contributed by atoms with Gasteiger partial charge in [0.05, 0.1) is 6.04 Å². The Bertz CT molecular complexity index is 393. The van der Waals surface area contributed by atoms with Crippen LogP contribution in [0.3, 0.4) is 0 Å². The summed E-state index contributed by atoms with van der Waals surface area (Å²) in [6.45, 7) is 5.76. The summed E-state index contributed by atoms with van der Waals surface area (Å²) in [7, 11) is 0. The molecule has 22 heavy (non-hydrogen) atoms. The lowest BCUT2D eigenvalue weighted by Crippen LogP contribution is -2.45. The molecule has 1 saturated carbocycles. The molecule has 3 aliphatic heterocycles. The van der Waals surface area contributed by atoms with E-state index in [1.165, 1.54) is 64.6 Å². The molecule has 4 fully saturated rings. The molecule has 0 radical (unpaired) electrons. The lowest BCUT2D eigenvalue weighted by Gasteiger charge is -2.24. The maximum Gasteiger partial charge on any atom is 0.239 e. The van der Waals surface area contributed by atoms with Crippen molar-refractivity contribution in [2.45, 2.75) is 63.5 Å². The van der Waals surface area contributed by atoms with Gasteiger partial charge < -0.3 is 15.1 Å². The van der Waals surface area contributed by atoms with E-state index in [0.29, 0.717) is 17.9 Å². The number of amides is 1. The molecule has 1 amide bonds. The Balaban J connectivity index is 1.28. The number of nitrogens with zero attached hydrogens (tertiary/aromatic N) is 2. The van der Waals surface area contributed by atoms with Crippen LogP contribution in [0, 0.1) is 11.8 Å². The number of fused-ring (bicyclic) bond motifs is 1. The first-order valence-corrected chi connectivity index (χ1v) is 9.57. The molecule has 4 rings (SSSR count). The van der Waals surface area contributed by atoms with E-state index >= 15 is 0 Å². The van der Waals surface area contributed by atoms with Crippen LogP contribution in [-0.2, 0) is 4.79 Å². The highest BCUT2D eigenvalue weighted by Crippen LogP contribution is 2.34. The molecule has 3 saturated heterocycles. The molecule has 4 heteroatoms. The molecule has 0 bridgehead atoms. The van der Waals surface area contributed by atoms with E-state index in [1.54, 1.807) is 0 Å². The maximum absolute atomic E-state index is 12.8. The van der Waals surface area contributed by atoms with Crippen LogP contribution in [0.4, 0.5) is 0 Å². The number of carbonyl (C=O) groups excluding carboxylic acids is 1. The molecule has 124 valence electrons. The topological polar surface area (TPSA) is 35.6 Å². The van der Waals surface area contributed by atoms with Gasteiger partial charge in [0.2, 0.25) is 5.91 Å². The minimum absolute atomic E-state index is 0.124. The molecule has 0 aromatic heterocycles. The van der Waals surface area contributed by atoms with Gasteiger partial charge in [0.15, 0.2) is 0 Å². The van der Waals surface area contributed by atoms with Gasteiger partial charge in [0.25, 0.3) is 0 Å². The van der Waals surface area contributed by atoms with Crippen molar-refractivity contribution in [3.8, 4) is 0 Å². The van der Waals surface area contributed by atoms with Crippen molar-refractivity contribution >= 4 is 5.91 Å². The monoisotopic (exact) mass is 305 g/mol. The molecule has 0 aromatic carbocycles. The van der Waals surface area contributed by atoms with Gasteiger partial charge in [0.1, 0.15) is 0 Å². The van der Waals surface area contributed by atoms with E-state index in [1.807, 2.05) is 0 Å². The Labute approximate surface area is 134 Å². The molecule has 0 aromatic rings. The number of hydrogen-bond donors (Lipinski definition) is 1. The van der Waals surface area contributed by atoms with Gasteiger partial charge in [-0.2, -0.15) is 0 Å². The number of carbonyl (C=O) groups is 1. The summed E-state index contributed by atoms with van der Waals surface area (Å²) in [6, 6.07) is 0.754. The minimum Gasteiger partial charge on any atom is -0.341 e. The second-order valence-corrected chi connectivity index (χ2v) is 8.05. The van der Waals surface area contributed by atoms with Gasteiger partial charge in [-0.15, -0.1) is 0 Å². The third-order valence-corrected chi connectivity index (χ3v) is 6.47. The van der Waals surface area contributed by atoms with Gasteiger partial charge in [-0.25, -0.2) is 0 Å². The van der Waals surface area contributed by atoms with Crippen LogP contribution >= 0.6 is 0 Å². The average Bonchev–Trinajstić information content (AvgIpc) is 3.27. The first-order valence-electron chi connectivity index (χ1n) is 9.57. The molecule has 4 atom stereocenters. The maximum atomic E-state index is 12.8. The highest BCUT2D eigenvalue weighted by Gasteiger charge is 2.41. The molecule has 4 nitrogen and oxygen atoms in total. The Hall–Kier alpha value is -0.610. The van der Waals surface area contributed by atoms with Crippen molar-refractivity contribution in [2.24, 2.45) is 11.8 Å². The summed E-state index contributed by atoms with van der Waals surface area (Å²) in [6.07, 6.45) is 10.4. The van der Waals surface area contributed by atoms with E-state index < -0.39 is 0 Å². The molecular formula is C18H31N3O. The lowest BCUT2D eigenvalue weighted by atomic mass is 9.85. The predicted octanol–water partition coefficient (Wildman–Crippen LogP) is 1.85. The van der Waals surface area contributed by atoms with Crippen LogP contribution in [0.15, 0.2) is 0 Å². The van der Waals surface area contributed by atoms with E-state index in [9.17, 15) is 4.79 Å². The molecule has 4 unspecified atom stereocenters. The van der Waals surface area contributed by atoms with Crippen LogP contribution in [0.25, 0.3) is 0 Å². The zero-order valence-corrected chi connectivity index (χ0v) is 13.8. The van der Waals surface area contributed by atoms with Crippen molar-refractivity contribution < 1.29 is 4.79 Å². The first kappa shape index (κ1) is 14.9. The van der Waals surface area contributed by atoms with Crippen molar-refractivity contribution in [1.82, 2.24) is 15.1 Å². The minimum atomic E-state index is 0.124. The summed E-state index contributed by atoms with van der Waals surface area (Å²) >= 11 is 0. The fourth-order valence-electron chi connectivity index (χ4n) is 5.24. The second-order valence-electron chi connectivity index (χ2n) is 8.05. The normalized spacial score (nSPS) is 39.4. The summed E-state index contributed by atoms with van der Waals surface area (Å²) in [5.74, 6) is 1.88. The first-order chi connectivity index (χ1) is 10.8. The predicted molar refractivity (Wildman–Crippen MR) is 87.6 cm³/mol. The van der Waals surface area contributed by atoms with Gasteiger partial charge >= 0.3 is 0 Å². The highest BCUT2D eigenvalue weighted by atomic mass is 16.2. The van der Waals surface area contributed by atoms with Gasteiger partial charge in [-0.05, 0) is 63.5 Å².